The molecule has 3 nitrogen and oxygen atoms in total. The van der Waals surface area contributed by atoms with Crippen LogP contribution < -0.4 is 11.1 Å². The molecule has 0 heterocycles. The summed E-state index contributed by atoms with van der Waals surface area (Å²) in [6.45, 7) is 4.14. The summed E-state index contributed by atoms with van der Waals surface area (Å²) in [5, 5.41) is 3.15. The van der Waals surface area contributed by atoms with E-state index in [0.717, 1.165) is 25.7 Å². The highest BCUT2D eigenvalue weighted by Crippen LogP contribution is 2.18. The van der Waals surface area contributed by atoms with Gasteiger partial charge in [-0.25, -0.2) is 0 Å². The summed E-state index contributed by atoms with van der Waals surface area (Å²) >= 11 is 0. The lowest BCUT2D eigenvalue weighted by Crippen LogP contribution is -2.48. The van der Waals surface area contributed by atoms with Crippen molar-refractivity contribution in [3.05, 3.63) is 0 Å². The van der Waals surface area contributed by atoms with Crippen molar-refractivity contribution in [1.29, 1.82) is 0 Å². The second-order valence-electron chi connectivity index (χ2n) is 4.93. The number of amides is 1. The van der Waals surface area contributed by atoms with Gasteiger partial charge in [0.2, 0.25) is 5.91 Å². The molecule has 0 aromatic carbocycles. The molecule has 0 spiro atoms. The molecule has 0 aliphatic heterocycles. The molecule has 2 atom stereocenters. The zero-order valence-electron chi connectivity index (χ0n) is 10.7. The Labute approximate surface area is 99.2 Å². The molecule has 1 saturated carbocycles. The standard InChI is InChI=1S/C13H26N2O/c1-3-10(4-2)13(16)15-12-9-7-5-6-8-11(12)14/h10-12H,3-9,14H2,1-2H3,(H,15,16). The summed E-state index contributed by atoms with van der Waals surface area (Å²) in [5.74, 6) is 0.364. The van der Waals surface area contributed by atoms with Crippen LogP contribution in [0.3, 0.4) is 0 Å². The van der Waals surface area contributed by atoms with Crippen molar-refractivity contribution in [2.45, 2.75) is 70.9 Å². The highest BCUT2D eigenvalue weighted by atomic mass is 16.1. The van der Waals surface area contributed by atoms with Crippen LogP contribution >= 0.6 is 0 Å². The molecule has 1 aliphatic carbocycles. The van der Waals surface area contributed by atoms with Gasteiger partial charge < -0.3 is 11.1 Å². The Kier molecular flexibility index (Phi) is 5.81. The molecule has 1 amide bonds. The van der Waals surface area contributed by atoms with Crippen LogP contribution in [0.4, 0.5) is 0 Å². The van der Waals surface area contributed by atoms with E-state index in [9.17, 15) is 4.79 Å². The molecule has 1 rings (SSSR count). The van der Waals surface area contributed by atoms with Crippen molar-refractivity contribution < 1.29 is 4.79 Å². The van der Waals surface area contributed by atoms with Gasteiger partial charge in [0.15, 0.2) is 0 Å². The Bertz CT molecular complexity index is 214. The topological polar surface area (TPSA) is 55.1 Å². The van der Waals surface area contributed by atoms with Crippen molar-refractivity contribution >= 4 is 5.91 Å². The highest BCUT2D eigenvalue weighted by molar-refractivity contribution is 5.78. The fourth-order valence-corrected chi connectivity index (χ4v) is 2.48. The lowest BCUT2D eigenvalue weighted by molar-refractivity contribution is -0.126. The molecule has 0 aromatic heterocycles. The Morgan fingerprint density at radius 1 is 1.25 bits per heavy atom. The van der Waals surface area contributed by atoms with Gasteiger partial charge in [0.1, 0.15) is 0 Å². The van der Waals surface area contributed by atoms with Gasteiger partial charge in [-0.1, -0.05) is 33.1 Å². The molecule has 0 bridgehead atoms. The minimum atomic E-state index is 0.154. The second-order valence-corrected chi connectivity index (χ2v) is 4.93. The van der Waals surface area contributed by atoms with Crippen LogP contribution in [0.15, 0.2) is 0 Å². The summed E-state index contributed by atoms with van der Waals surface area (Å²) in [6.07, 6.45) is 7.60. The smallest absolute Gasteiger partial charge is 0.223 e. The van der Waals surface area contributed by atoms with Gasteiger partial charge in [-0.2, -0.15) is 0 Å². The third kappa shape index (κ3) is 3.78. The maximum absolute atomic E-state index is 12.0. The third-order valence-electron chi connectivity index (χ3n) is 3.75. The van der Waals surface area contributed by atoms with E-state index in [-0.39, 0.29) is 23.9 Å². The maximum atomic E-state index is 12.0. The number of hydrogen-bond acceptors (Lipinski definition) is 2. The summed E-state index contributed by atoms with van der Waals surface area (Å²) in [5.41, 5.74) is 6.10. The first-order chi connectivity index (χ1) is 7.69. The first kappa shape index (κ1) is 13.5. The van der Waals surface area contributed by atoms with Crippen LogP contribution in [0.5, 0.6) is 0 Å². The molecular formula is C13H26N2O. The van der Waals surface area contributed by atoms with E-state index >= 15 is 0 Å². The van der Waals surface area contributed by atoms with Crippen molar-refractivity contribution in [3.63, 3.8) is 0 Å². The van der Waals surface area contributed by atoms with Crippen molar-refractivity contribution in [2.24, 2.45) is 11.7 Å². The number of nitrogens with two attached hydrogens (primary N) is 1. The Hall–Kier alpha value is -0.570. The number of hydrogen-bond donors (Lipinski definition) is 2. The first-order valence-electron chi connectivity index (χ1n) is 6.75. The molecule has 1 aliphatic rings. The van der Waals surface area contributed by atoms with Gasteiger partial charge in [-0.05, 0) is 25.7 Å². The van der Waals surface area contributed by atoms with Crippen LogP contribution in [-0.4, -0.2) is 18.0 Å². The van der Waals surface area contributed by atoms with E-state index in [2.05, 4.69) is 19.2 Å². The molecule has 1 fully saturated rings. The Morgan fingerprint density at radius 2 is 1.88 bits per heavy atom. The fourth-order valence-electron chi connectivity index (χ4n) is 2.48. The minimum Gasteiger partial charge on any atom is -0.352 e. The van der Waals surface area contributed by atoms with E-state index in [0.29, 0.717) is 0 Å². The van der Waals surface area contributed by atoms with Gasteiger partial charge >= 0.3 is 0 Å². The number of carbonyl (C=O) groups is 1. The predicted molar refractivity (Wildman–Crippen MR) is 67.1 cm³/mol. The SMILES string of the molecule is CCC(CC)C(=O)NC1CCCCCC1N. The fraction of sp³-hybridized carbons (Fsp3) is 0.923. The second kappa shape index (κ2) is 6.89. The van der Waals surface area contributed by atoms with Crippen molar-refractivity contribution in [3.8, 4) is 0 Å². The molecule has 0 aromatic rings. The minimum absolute atomic E-state index is 0.154. The van der Waals surface area contributed by atoms with E-state index in [1.165, 1.54) is 19.3 Å². The van der Waals surface area contributed by atoms with Crippen molar-refractivity contribution in [1.82, 2.24) is 5.32 Å². The molecule has 94 valence electrons. The molecule has 3 N–H and O–H groups in total. The van der Waals surface area contributed by atoms with E-state index < -0.39 is 0 Å². The van der Waals surface area contributed by atoms with Gasteiger partial charge in [-0.3, -0.25) is 4.79 Å². The van der Waals surface area contributed by atoms with Crippen LogP contribution in [0.1, 0.15) is 58.8 Å². The average molecular weight is 226 g/mol. The third-order valence-corrected chi connectivity index (χ3v) is 3.75. The van der Waals surface area contributed by atoms with E-state index in [1.807, 2.05) is 0 Å². The number of rotatable bonds is 4. The van der Waals surface area contributed by atoms with E-state index in [4.69, 9.17) is 5.73 Å². The molecule has 16 heavy (non-hydrogen) atoms. The summed E-state index contributed by atoms with van der Waals surface area (Å²) in [6, 6.07) is 0.358. The highest BCUT2D eigenvalue weighted by Gasteiger charge is 2.24. The Balaban J connectivity index is 2.47. The van der Waals surface area contributed by atoms with Crippen LogP contribution in [-0.2, 0) is 4.79 Å². The molecule has 0 saturated heterocycles. The predicted octanol–water partition coefficient (Wildman–Crippen LogP) is 2.20. The van der Waals surface area contributed by atoms with Crippen LogP contribution in [0.25, 0.3) is 0 Å². The normalized spacial score (nSPS) is 26.5. The molecular weight excluding hydrogens is 200 g/mol. The zero-order valence-corrected chi connectivity index (χ0v) is 10.7. The molecule has 0 radical (unpaired) electrons. The van der Waals surface area contributed by atoms with Crippen molar-refractivity contribution in [2.75, 3.05) is 0 Å². The quantitative estimate of drug-likeness (QED) is 0.722. The molecule has 3 heteroatoms. The van der Waals surface area contributed by atoms with Crippen LogP contribution in [0, 0.1) is 5.92 Å². The lowest BCUT2D eigenvalue weighted by atomic mass is 9.99. The van der Waals surface area contributed by atoms with Crippen LogP contribution in [0.2, 0.25) is 0 Å². The monoisotopic (exact) mass is 226 g/mol. The summed E-state index contributed by atoms with van der Waals surface area (Å²) < 4.78 is 0. The largest absolute Gasteiger partial charge is 0.352 e. The molecule has 2 unspecified atom stereocenters. The number of nitrogens with one attached hydrogen (secondary N) is 1. The van der Waals surface area contributed by atoms with E-state index in [1.54, 1.807) is 0 Å². The lowest BCUT2D eigenvalue weighted by Gasteiger charge is -2.25. The summed E-state index contributed by atoms with van der Waals surface area (Å²) in [4.78, 5) is 12.0. The van der Waals surface area contributed by atoms with Gasteiger partial charge in [0, 0.05) is 18.0 Å². The van der Waals surface area contributed by atoms with Gasteiger partial charge in [0.05, 0.1) is 0 Å². The Morgan fingerprint density at radius 3 is 2.50 bits per heavy atom. The van der Waals surface area contributed by atoms with Gasteiger partial charge in [0.25, 0.3) is 0 Å². The average Bonchev–Trinajstić information content (AvgIpc) is 2.46. The summed E-state index contributed by atoms with van der Waals surface area (Å²) in [7, 11) is 0. The first-order valence-corrected chi connectivity index (χ1v) is 6.75. The number of carbonyl (C=O) groups excluding carboxylic acids is 1. The maximum Gasteiger partial charge on any atom is 0.223 e. The zero-order chi connectivity index (χ0) is 12.0. The van der Waals surface area contributed by atoms with Gasteiger partial charge in [-0.15, -0.1) is 0 Å².